The number of hydrogen-bond donors (Lipinski definition) is 3. The Bertz CT molecular complexity index is 852. The topological polar surface area (TPSA) is 114 Å². The smallest absolute Gasteiger partial charge is 0.414 e. The number of benzene rings is 2. The first-order valence-corrected chi connectivity index (χ1v) is 8.26. The zero-order valence-electron chi connectivity index (χ0n) is 14.6. The number of imidazole rings is 1. The summed E-state index contributed by atoms with van der Waals surface area (Å²) in [5.41, 5.74) is 3.40. The lowest BCUT2D eigenvalue weighted by Gasteiger charge is -2.07. The summed E-state index contributed by atoms with van der Waals surface area (Å²) < 4.78 is 7.70. The Morgan fingerprint density at radius 1 is 1.00 bits per heavy atom. The van der Waals surface area contributed by atoms with Crippen LogP contribution < -0.4 is 5.32 Å². The molecule has 142 valence electrons. The van der Waals surface area contributed by atoms with Gasteiger partial charge in [0.2, 0.25) is 0 Å². The van der Waals surface area contributed by atoms with Crippen LogP contribution in [0.1, 0.15) is 5.56 Å². The van der Waals surface area contributed by atoms with Crippen molar-refractivity contribution in [1.82, 2.24) is 14.9 Å². The molecular weight excluding hydrogens is 350 g/mol. The molecule has 0 amide bonds. The average molecular weight is 371 g/mol. The molecular formula is C19H21N3O5. The molecule has 0 bridgehead atoms. The van der Waals surface area contributed by atoms with Crippen LogP contribution in [0.15, 0.2) is 60.9 Å². The van der Waals surface area contributed by atoms with Crippen LogP contribution in [0.3, 0.4) is 0 Å². The fourth-order valence-corrected chi connectivity index (χ4v) is 2.25. The Kier molecular flexibility index (Phi) is 7.95. The number of fused-ring (bicyclic) bond motifs is 1. The number of nitrogens with zero attached hydrogens (tertiary/aromatic N) is 2. The molecule has 0 aliphatic heterocycles. The van der Waals surface area contributed by atoms with E-state index in [0.717, 1.165) is 24.1 Å². The first-order valence-electron chi connectivity index (χ1n) is 8.26. The van der Waals surface area contributed by atoms with E-state index in [-0.39, 0.29) is 0 Å². The molecule has 0 aliphatic rings. The Morgan fingerprint density at radius 2 is 1.67 bits per heavy atom. The number of hydrogen-bond acceptors (Lipinski definition) is 5. The van der Waals surface area contributed by atoms with Gasteiger partial charge in [0.1, 0.15) is 6.73 Å². The van der Waals surface area contributed by atoms with Gasteiger partial charge in [-0.1, -0.05) is 42.5 Å². The molecule has 2 aromatic carbocycles. The Morgan fingerprint density at radius 3 is 2.37 bits per heavy atom. The van der Waals surface area contributed by atoms with Crippen molar-refractivity contribution in [3.63, 3.8) is 0 Å². The van der Waals surface area contributed by atoms with Gasteiger partial charge in [-0.15, -0.1) is 0 Å². The van der Waals surface area contributed by atoms with Gasteiger partial charge in [-0.05, 0) is 17.7 Å². The minimum absolute atomic E-state index is 0.535. The monoisotopic (exact) mass is 371 g/mol. The molecule has 0 atom stereocenters. The van der Waals surface area contributed by atoms with Gasteiger partial charge >= 0.3 is 11.9 Å². The maximum Gasteiger partial charge on any atom is 0.414 e. The van der Waals surface area contributed by atoms with Crippen LogP contribution in [0.5, 0.6) is 0 Å². The molecule has 3 N–H and O–H groups in total. The summed E-state index contributed by atoms with van der Waals surface area (Å²) >= 11 is 0. The van der Waals surface area contributed by atoms with Gasteiger partial charge in [-0.25, -0.2) is 14.6 Å². The van der Waals surface area contributed by atoms with Gasteiger partial charge in [-0.2, -0.15) is 0 Å². The third-order valence-corrected chi connectivity index (χ3v) is 3.54. The summed E-state index contributed by atoms with van der Waals surface area (Å²) in [4.78, 5) is 22.5. The Labute approximate surface area is 156 Å². The lowest BCUT2D eigenvalue weighted by molar-refractivity contribution is -0.159. The second-order valence-corrected chi connectivity index (χ2v) is 5.51. The van der Waals surface area contributed by atoms with Gasteiger partial charge in [-0.3, -0.25) is 0 Å². The molecule has 0 saturated carbocycles. The number of carboxylic acid groups (broad SMARTS) is 2. The number of aromatic nitrogens is 2. The van der Waals surface area contributed by atoms with Gasteiger partial charge in [0, 0.05) is 13.1 Å². The summed E-state index contributed by atoms with van der Waals surface area (Å²) in [6.45, 7) is 2.92. The van der Waals surface area contributed by atoms with Crippen LogP contribution in [0, 0.1) is 0 Å². The molecule has 0 saturated heterocycles. The van der Waals surface area contributed by atoms with Crippen LogP contribution in [0.2, 0.25) is 0 Å². The van der Waals surface area contributed by atoms with Gasteiger partial charge in [0.15, 0.2) is 0 Å². The maximum atomic E-state index is 9.10. The van der Waals surface area contributed by atoms with Crippen LogP contribution in [0.25, 0.3) is 11.0 Å². The second kappa shape index (κ2) is 10.7. The summed E-state index contributed by atoms with van der Waals surface area (Å²) in [5, 5.41) is 18.2. The fourth-order valence-electron chi connectivity index (χ4n) is 2.25. The van der Waals surface area contributed by atoms with Crippen molar-refractivity contribution >= 4 is 23.0 Å². The Balaban J connectivity index is 0.000000380. The summed E-state index contributed by atoms with van der Waals surface area (Å²) in [5.74, 6) is -3.65. The van der Waals surface area contributed by atoms with Crippen LogP contribution in [-0.4, -0.2) is 44.9 Å². The van der Waals surface area contributed by atoms with Crippen molar-refractivity contribution in [2.45, 2.75) is 13.3 Å². The molecule has 8 nitrogen and oxygen atoms in total. The highest BCUT2D eigenvalue weighted by Gasteiger charge is 2.04. The highest BCUT2D eigenvalue weighted by Crippen LogP contribution is 2.11. The number of carboxylic acids is 2. The van der Waals surface area contributed by atoms with Gasteiger partial charge in [0.05, 0.1) is 24.0 Å². The molecule has 27 heavy (non-hydrogen) atoms. The molecule has 0 unspecified atom stereocenters. The van der Waals surface area contributed by atoms with E-state index in [9.17, 15) is 0 Å². The molecule has 8 heteroatoms. The van der Waals surface area contributed by atoms with E-state index >= 15 is 0 Å². The van der Waals surface area contributed by atoms with E-state index in [1.807, 2.05) is 35.2 Å². The molecule has 1 aromatic heterocycles. The van der Waals surface area contributed by atoms with Crippen molar-refractivity contribution in [3.05, 3.63) is 66.5 Å². The van der Waals surface area contributed by atoms with E-state index < -0.39 is 11.9 Å². The molecule has 0 aliphatic carbocycles. The molecule has 0 spiro atoms. The SMILES string of the molecule is O=C(O)C(=O)O.c1ccc(CNCCOCn2cnc3ccccc32)cc1. The van der Waals surface area contributed by atoms with Gasteiger partial charge in [0.25, 0.3) is 0 Å². The predicted molar refractivity (Wildman–Crippen MR) is 99.1 cm³/mol. The summed E-state index contributed by atoms with van der Waals surface area (Å²) in [6.07, 6.45) is 1.82. The van der Waals surface area contributed by atoms with Crippen LogP contribution >= 0.6 is 0 Å². The molecule has 3 rings (SSSR count). The van der Waals surface area contributed by atoms with Crippen molar-refractivity contribution < 1.29 is 24.5 Å². The number of nitrogens with one attached hydrogen (secondary N) is 1. The number of carbonyl (C=O) groups is 2. The average Bonchev–Trinajstić information content (AvgIpc) is 3.09. The zero-order chi connectivity index (χ0) is 19.5. The highest BCUT2D eigenvalue weighted by atomic mass is 16.5. The van der Waals surface area contributed by atoms with Crippen molar-refractivity contribution in [3.8, 4) is 0 Å². The zero-order valence-corrected chi connectivity index (χ0v) is 14.6. The van der Waals surface area contributed by atoms with E-state index in [0.29, 0.717) is 13.3 Å². The Hall–Kier alpha value is -3.23. The number of rotatable bonds is 7. The largest absolute Gasteiger partial charge is 0.473 e. The van der Waals surface area contributed by atoms with Crippen molar-refractivity contribution in [2.24, 2.45) is 0 Å². The standard InChI is InChI=1S/C17H19N3O.C2H2O4/c1-2-6-15(7-3-1)12-18-10-11-21-14-20-13-19-16-8-4-5-9-17(16)20;3-1(4)2(5)6/h1-9,13,18H,10-12,14H2;(H,3,4)(H,5,6). The maximum absolute atomic E-state index is 9.10. The van der Waals surface area contributed by atoms with E-state index in [1.54, 1.807) is 0 Å². The van der Waals surface area contributed by atoms with E-state index in [2.05, 4.69) is 40.6 Å². The van der Waals surface area contributed by atoms with Crippen molar-refractivity contribution in [2.75, 3.05) is 13.2 Å². The molecule has 0 fully saturated rings. The number of para-hydroxylation sites is 2. The lowest BCUT2D eigenvalue weighted by Crippen LogP contribution is -2.19. The number of aliphatic carboxylic acids is 2. The first-order chi connectivity index (χ1) is 13.1. The van der Waals surface area contributed by atoms with Crippen LogP contribution in [-0.2, 0) is 27.6 Å². The minimum atomic E-state index is -1.82. The van der Waals surface area contributed by atoms with Gasteiger partial charge < -0.3 is 24.8 Å². The van der Waals surface area contributed by atoms with Crippen molar-refractivity contribution in [1.29, 1.82) is 0 Å². The van der Waals surface area contributed by atoms with Crippen LogP contribution in [0.4, 0.5) is 0 Å². The molecule has 0 radical (unpaired) electrons. The van der Waals surface area contributed by atoms with E-state index in [1.165, 1.54) is 5.56 Å². The third kappa shape index (κ3) is 6.89. The normalized spacial score (nSPS) is 10.2. The highest BCUT2D eigenvalue weighted by molar-refractivity contribution is 6.27. The summed E-state index contributed by atoms with van der Waals surface area (Å²) in [6, 6.07) is 18.4. The summed E-state index contributed by atoms with van der Waals surface area (Å²) in [7, 11) is 0. The minimum Gasteiger partial charge on any atom is -0.473 e. The molecule has 1 heterocycles. The second-order valence-electron chi connectivity index (χ2n) is 5.51. The molecule has 3 aromatic rings. The predicted octanol–water partition coefficient (Wildman–Crippen LogP) is 1.96. The third-order valence-electron chi connectivity index (χ3n) is 3.54. The lowest BCUT2D eigenvalue weighted by atomic mass is 10.2. The quantitative estimate of drug-likeness (QED) is 0.430. The first kappa shape index (κ1) is 20.1. The fraction of sp³-hybridized carbons (Fsp3) is 0.211. The van der Waals surface area contributed by atoms with E-state index in [4.69, 9.17) is 24.5 Å². The number of ether oxygens (including phenoxy) is 1.